The second-order valence-electron chi connectivity index (χ2n) is 9.89. The monoisotopic (exact) mass is 508 g/mol. The Balaban J connectivity index is 1.41. The number of hydrogen-bond donors (Lipinski definition) is 1. The molecule has 1 fully saturated rings. The van der Waals surface area contributed by atoms with E-state index in [0.717, 1.165) is 30.8 Å². The van der Waals surface area contributed by atoms with E-state index in [1.165, 1.54) is 5.56 Å². The number of carbonyl (C=O) groups excluding carboxylic acids is 2. The third-order valence-corrected chi connectivity index (χ3v) is 7.90. The van der Waals surface area contributed by atoms with Crippen LogP contribution in [0, 0.1) is 6.92 Å². The Labute approximate surface area is 215 Å². The fraction of sp³-hybridized carbons (Fsp3) is 0.286. The Morgan fingerprint density at radius 2 is 1.74 bits per heavy atom. The number of benzene rings is 3. The lowest BCUT2D eigenvalue weighted by molar-refractivity contribution is -0.907. The van der Waals surface area contributed by atoms with Crippen LogP contribution in [-0.2, 0) is 4.79 Å². The zero-order valence-electron chi connectivity index (χ0n) is 19.8. The minimum absolute atomic E-state index is 0.0356. The van der Waals surface area contributed by atoms with E-state index >= 15 is 0 Å². The van der Waals surface area contributed by atoms with Crippen molar-refractivity contribution in [2.75, 3.05) is 36.9 Å². The second-order valence-corrected chi connectivity index (χ2v) is 10.7. The molecule has 0 saturated carbocycles. The van der Waals surface area contributed by atoms with Crippen molar-refractivity contribution in [2.24, 2.45) is 0 Å². The minimum atomic E-state index is -0.0687. The molecule has 0 aromatic heterocycles. The van der Waals surface area contributed by atoms with Crippen molar-refractivity contribution in [3.63, 3.8) is 0 Å². The molecule has 35 heavy (non-hydrogen) atoms. The van der Waals surface area contributed by atoms with Crippen molar-refractivity contribution in [2.45, 2.75) is 25.3 Å². The molecule has 0 spiro atoms. The van der Waals surface area contributed by atoms with Gasteiger partial charge in [0.2, 0.25) is 0 Å². The predicted octanol–water partition coefficient (Wildman–Crippen LogP) is 5.90. The summed E-state index contributed by atoms with van der Waals surface area (Å²) in [5, 5.41) is 3.94. The highest BCUT2D eigenvalue weighted by atomic mass is 35.5. The van der Waals surface area contributed by atoms with Gasteiger partial charge in [-0.1, -0.05) is 65.2 Å². The summed E-state index contributed by atoms with van der Waals surface area (Å²) >= 11 is 12.6. The molecular weight excluding hydrogens is 481 g/mol. The van der Waals surface area contributed by atoms with Crippen molar-refractivity contribution in [1.82, 2.24) is 0 Å². The molecular formula is C28H28Cl2N3O2+. The number of carbonyl (C=O) groups is 2. The molecule has 2 amide bonds. The molecule has 2 heterocycles. The first-order valence-corrected chi connectivity index (χ1v) is 12.6. The number of para-hydroxylation sites is 1. The summed E-state index contributed by atoms with van der Waals surface area (Å²) in [6.07, 6.45) is 0.796. The molecule has 5 nitrogen and oxygen atoms in total. The molecule has 180 valence electrons. The molecule has 2 aliphatic rings. The van der Waals surface area contributed by atoms with E-state index in [4.69, 9.17) is 23.2 Å². The number of nitrogens with one attached hydrogen (secondary N) is 1. The van der Waals surface area contributed by atoms with Crippen molar-refractivity contribution in [3.8, 4) is 0 Å². The van der Waals surface area contributed by atoms with Gasteiger partial charge in [-0.25, -0.2) is 0 Å². The Morgan fingerprint density at radius 1 is 1.03 bits per heavy atom. The number of anilines is 2. The van der Waals surface area contributed by atoms with E-state index < -0.39 is 0 Å². The maximum Gasteiger partial charge on any atom is 0.279 e. The number of likely N-dealkylation sites (tertiary alicyclic amines) is 1. The summed E-state index contributed by atoms with van der Waals surface area (Å²) in [5.74, 6) is 0.00878. The zero-order chi connectivity index (χ0) is 24.7. The summed E-state index contributed by atoms with van der Waals surface area (Å²) in [5.41, 5.74) is 4.42. The summed E-state index contributed by atoms with van der Waals surface area (Å²) in [7, 11) is 2.12. The SMILES string of the molecule is Cc1ccc2c(c1)[C@@H]1C[N@+](C)(CC(=O)Nc3ccccc3Cl)CC[C@H]1N2C(=O)c1ccccc1Cl. The van der Waals surface area contributed by atoms with Gasteiger partial charge in [-0.3, -0.25) is 9.59 Å². The lowest BCUT2D eigenvalue weighted by Gasteiger charge is -2.44. The number of likely N-dealkylation sites (N-methyl/N-ethyl adjacent to an activating group) is 1. The van der Waals surface area contributed by atoms with Gasteiger partial charge in [0, 0.05) is 12.1 Å². The van der Waals surface area contributed by atoms with E-state index in [-0.39, 0.29) is 23.8 Å². The first-order valence-electron chi connectivity index (χ1n) is 11.8. The molecule has 5 rings (SSSR count). The van der Waals surface area contributed by atoms with Crippen LogP contribution in [0.5, 0.6) is 0 Å². The molecule has 0 unspecified atom stereocenters. The Hall–Kier alpha value is -2.86. The molecule has 3 aromatic carbocycles. The van der Waals surface area contributed by atoms with Gasteiger partial charge in [-0.15, -0.1) is 0 Å². The molecule has 0 aliphatic carbocycles. The first kappa shape index (κ1) is 23.9. The first-order chi connectivity index (χ1) is 16.8. The maximum atomic E-state index is 13.7. The van der Waals surface area contributed by atoms with Crippen LogP contribution in [0.4, 0.5) is 11.4 Å². The number of amides is 2. The molecule has 1 saturated heterocycles. The van der Waals surface area contributed by atoms with Crippen molar-refractivity contribution < 1.29 is 14.1 Å². The normalized spacial score (nSPS) is 22.9. The number of fused-ring (bicyclic) bond motifs is 3. The van der Waals surface area contributed by atoms with Crippen LogP contribution in [0.15, 0.2) is 66.7 Å². The van der Waals surface area contributed by atoms with Gasteiger partial charge in [0.15, 0.2) is 6.54 Å². The van der Waals surface area contributed by atoms with Gasteiger partial charge in [0.05, 0.1) is 53.4 Å². The van der Waals surface area contributed by atoms with Crippen LogP contribution in [-0.4, -0.2) is 49.0 Å². The van der Waals surface area contributed by atoms with E-state index in [2.05, 4.69) is 25.4 Å². The van der Waals surface area contributed by atoms with Crippen LogP contribution in [0.25, 0.3) is 0 Å². The van der Waals surface area contributed by atoms with Crippen LogP contribution in [0.3, 0.4) is 0 Å². The number of nitrogens with zero attached hydrogens (tertiary/aromatic N) is 2. The van der Waals surface area contributed by atoms with Gasteiger partial charge >= 0.3 is 0 Å². The number of halogens is 2. The quantitative estimate of drug-likeness (QED) is 0.445. The average Bonchev–Trinajstić information content (AvgIpc) is 3.12. The molecule has 0 bridgehead atoms. The van der Waals surface area contributed by atoms with Crippen molar-refractivity contribution >= 4 is 46.4 Å². The van der Waals surface area contributed by atoms with Crippen LogP contribution < -0.4 is 10.2 Å². The van der Waals surface area contributed by atoms with Gasteiger partial charge in [0.25, 0.3) is 11.8 Å². The summed E-state index contributed by atoms with van der Waals surface area (Å²) in [4.78, 5) is 28.6. The van der Waals surface area contributed by atoms with E-state index in [9.17, 15) is 9.59 Å². The van der Waals surface area contributed by atoms with E-state index in [1.54, 1.807) is 24.3 Å². The van der Waals surface area contributed by atoms with Crippen LogP contribution in [0.1, 0.15) is 33.8 Å². The maximum absolute atomic E-state index is 13.7. The lowest BCUT2D eigenvalue weighted by Crippen LogP contribution is -2.58. The average molecular weight is 509 g/mol. The molecule has 2 aliphatic heterocycles. The topological polar surface area (TPSA) is 49.4 Å². The zero-order valence-corrected chi connectivity index (χ0v) is 21.3. The Kier molecular flexibility index (Phi) is 6.34. The highest BCUT2D eigenvalue weighted by Gasteiger charge is 2.49. The Morgan fingerprint density at radius 3 is 2.49 bits per heavy atom. The third kappa shape index (κ3) is 4.56. The highest BCUT2D eigenvalue weighted by Crippen LogP contribution is 2.47. The fourth-order valence-electron chi connectivity index (χ4n) is 5.58. The summed E-state index contributed by atoms with van der Waals surface area (Å²) in [6.45, 7) is 3.97. The molecule has 3 atom stereocenters. The number of aryl methyl sites for hydroxylation is 1. The largest absolute Gasteiger partial charge is 0.320 e. The summed E-state index contributed by atoms with van der Waals surface area (Å²) in [6, 6.07) is 20.8. The van der Waals surface area contributed by atoms with Crippen LogP contribution >= 0.6 is 23.2 Å². The molecule has 1 N–H and O–H groups in total. The van der Waals surface area contributed by atoms with Crippen molar-refractivity contribution in [1.29, 1.82) is 0 Å². The van der Waals surface area contributed by atoms with Gasteiger partial charge in [-0.05, 0) is 42.8 Å². The molecule has 0 radical (unpaired) electrons. The van der Waals surface area contributed by atoms with Gasteiger partial charge in [-0.2, -0.15) is 0 Å². The van der Waals surface area contributed by atoms with Crippen LogP contribution in [0.2, 0.25) is 10.0 Å². The highest BCUT2D eigenvalue weighted by molar-refractivity contribution is 6.34. The summed E-state index contributed by atoms with van der Waals surface area (Å²) < 4.78 is 0.596. The third-order valence-electron chi connectivity index (χ3n) is 7.24. The second kappa shape index (κ2) is 9.30. The fourth-order valence-corrected chi connectivity index (χ4v) is 5.98. The molecule has 7 heteroatoms. The number of hydrogen-bond acceptors (Lipinski definition) is 2. The van der Waals surface area contributed by atoms with Crippen molar-refractivity contribution in [3.05, 3.63) is 93.5 Å². The number of rotatable bonds is 4. The minimum Gasteiger partial charge on any atom is -0.320 e. The molecule has 3 aromatic rings. The van der Waals surface area contributed by atoms with Gasteiger partial charge < -0.3 is 14.7 Å². The standard InChI is InChI=1S/C28H27Cl2N3O2/c1-18-11-12-25-20(15-18)21-16-33(2,17-27(34)31-24-10-6-5-9-23(24)30)14-13-26(21)32(25)28(35)19-7-3-4-8-22(19)29/h3-12,15,21,26H,13-14,16-17H2,1-2H3/p+1/t21-,26+,33+/m0/s1. The Bertz CT molecular complexity index is 1310. The number of piperidine rings is 1. The number of quaternary nitrogens is 1. The lowest BCUT2D eigenvalue weighted by atomic mass is 9.87. The smallest absolute Gasteiger partial charge is 0.279 e. The van der Waals surface area contributed by atoms with Gasteiger partial charge in [0.1, 0.15) is 0 Å². The van der Waals surface area contributed by atoms with E-state index in [1.807, 2.05) is 41.3 Å². The predicted molar refractivity (Wildman–Crippen MR) is 141 cm³/mol. The van der Waals surface area contributed by atoms with E-state index in [0.29, 0.717) is 32.3 Å².